The molecule has 4 nitrogen and oxygen atoms in total. The molecule has 17 heavy (non-hydrogen) atoms. The number of cyclic esters (lactones) is 1. The zero-order chi connectivity index (χ0) is 12.7. The number of Topliss-reactive ketones (excluding diaryl/α,β-unsaturated/α-hetero) is 1. The normalized spacial score (nSPS) is 20.8. The van der Waals surface area contributed by atoms with Gasteiger partial charge < -0.3 is 10.1 Å². The van der Waals surface area contributed by atoms with E-state index in [1.807, 2.05) is 6.92 Å². The van der Waals surface area contributed by atoms with Gasteiger partial charge in [0.15, 0.2) is 5.78 Å². The molecule has 1 heterocycles. The van der Waals surface area contributed by atoms with Gasteiger partial charge in [-0.2, -0.15) is 0 Å². The van der Waals surface area contributed by atoms with Crippen LogP contribution in [0, 0.1) is 5.92 Å². The van der Waals surface area contributed by atoms with Crippen molar-refractivity contribution in [3.8, 4) is 0 Å². The fourth-order valence-electron chi connectivity index (χ4n) is 2.08. The standard InChI is InChI=1S/C13H23NO3/c1-3-4-5-6-7-8-10(2)12(15)11-9-17-13(16)14-11/h10-11H,3-9H2,1-2H3,(H,14,16)/t10?,11-/m0/s1. The molecule has 2 atom stereocenters. The largest absolute Gasteiger partial charge is 0.447 e. The van der Waals surface area contributed by atoms with Crippen molar-refractivity contribution in [1.29, 1.82) is 0 Å². The maximum absolute atomic E-state index is 11.9. The third-order valence-corrected chi connectivity index (χ3v) is 3.24. The van der Waals surface area contributed by atoms with E-state index in [2.05, 4.69) is 12.2 Å². The third-order valence-electron chi connectivity index (χ3n) is 3.24. The topological polar surface area (TPSA) is 55.4 Å². The summed E-state index contributed by atoms with van der Waals surface area (Å²) < 4.78 is 4.72. The average molecular weight is 241 g/mol. The summed E-state index contributed by atoms with van der Waals surface area (Å²) in [4.78, 5) is 22.7. The van der Waals surface area contributed by atoms with Crippen molar-refractivity contribution in [3.05, 3.63) is 0 Å². The highest BCUT2D eigenvalue weighted by Gasteiger charge is 2.31. The maximum Gasteiger partial charge on any atom is 0.407 e. The van der Waals surface area contributed by atoms with Gasteiger partial charge in [-0.25, -0.2) is 4.79 Å². The number of ketones is 1. The highest BCUT2D eigenvalue weighted by atomic mass is 16.6. The predicted octanol–water partition coefficient (Wildman–Crippen LogP) is 2.66. The number of carbonyl (C=O) groups excluding carboxylic acids is 2. The first-order chi connectivity index (χ1) is 8.15. The molecule has 1 amide bonds. The van der Waals surface area contributed by atoms with E-state index in [4.69, 9.17) is 4.74 Å². The number of alkyl carbamates (subject to hydrolysis) is 1. The van der Waals surface area contributed by atoms with Gasteiger partial charge in [0.1, 0.15) is 12.6 Å². The molecule has 0 aromatic heterocycles. The summed E-state index contributed by atoms with van der Waals surface area (Å²) in [6.45, 7) is 4.32. The van der Waals surface area contributed by atoms with Gasteiger partial charge in [-0.1, -0.05) is 46.0 Å². The van der Waals surface area contributed by atoms with Gasteiger partial charge >= 0.3 is 6.09 Å². The summed E-state index contributed by atoms with van der Waals surface area (Å²) in [5.41, 5.74) is 0. The summed E-state index contributed by atoms with van der Waals surface area (Å²) in [5, 5.41) is 2.53. The Morgan fingerprint density at radius 3 is 2.71 bits per heavy atom. The van der Waals surface area contributed by atoms with Crippen LogP contribution < -0.4 is 5.32 Å². The minimum atomic E-state index is -0.474. The van der Waals surface area contributed by atoms with E-state index in [9.17, 15) is 9.59 Å². The van der Waals surface area contributed by atoms with Crippen LogP contribution in [0.5, 0.6) is 0 Å². The Morgan fingerprint density at radius 1 is 1.41 bits per heavy atom. The predicted molar refractivity (Wildman–Crippen MR) is 65.8 cm³/mol. The van der Waals surface area contributed by atoms with Gasteiger partial charge in [0.25, 0.3) is 0 Å². The molecule has 0 radical (unpaired) electrons. The summed E-state index contributed by atoms with van der Waals surface area (Å²) in [6.07, 6.45) is 6.48. The number of carbonyl (C=O) groups is 2. The van der Waals surface area contributed by atoms with Crippen LogP contribution in [-0.4, -0.2) is 24.5 Å². The van der Waals surface area contributed by atoms with Crippen molar-refractivity contribution >= 4 is 11.9 Å². The summed E-state index contributed by atoms with van der Waals surface area (Å²) in [5.74, 6) is 0.120. The van der Waals surface area contributed by atoms with E-state index in [1.165, 1.54) is 25.7 Å². The van der Waals surface area contributed by atoms with Crippen LogP contribution in [0.15, 0.2) is 0 Å². The molecule has 1 rings (SSSR count). The van der Waals surface area contributed by atoms with E-state index in [0.29, 0.717) is 0 Å². The lowest BCUT2D eigenvalue weighted by Gasteiger charge is -2.13. The summed E-state index contributed by atoms with van der Waals surface area (Å²) in [6, 6.07) is -0.423. The molecule has 1 unspecified atom stereocenters. The lowest BCUT2D eigenvalue weighted by Crippen LogP contribution is -2.37. The first-order valence-electron chi connectivity index (χ1n) is 6.62. The summed E-state index contributed by atoms with van der Waals surface area (Å²) in [7, 11) is 0. The second-order valence-electron chi connectivity index (χ2n) is 4.80. The fourth-order valence-corrected chi connectivity index (χ4v) is 2.08. The second-order valence-corrected chi connectivity index (χ2v) is 4.80. The molecule has 0 saturated carbocycles. The van der Waals surface area contributed by atoms with Crippen LogP contribution >= 0.6 is 0 Å². The zero-order valence-corrected chi connectivity index (χ0v) is 10.8. The molecule has 0 bridgehead atoms. The fraction of sp³-hybridized carbons (Fsp3) is 0.846. The Kier molecular flexibility index (Phi) is 6.01. The van der Waals surface area contributed by atoms with Gasteiger partial charge in [0, 0.05) is 5.92 Å². The van der Waals surface area contributed by atoms with Gasteiger partial charge in [-0.05, 0) is 6.42 Å². The Balaban J connectivity index is 2.16. The van der Waals surface area contributed by atoms with Crippen LogP contribution in [0.1, 0.15) is 52.4 Å². The average Bonchev–Trinajstić information content (AvgIpc) is 2.74. The monoisotopic (exact) mass is 241 g/mol. The Labute approximate surface area is 103 Å². The molecule has 0 spiro atoms. The molecule has 98 valence electrons. The minimum absolute atomic E-state index is 0.0172. The van der Waals surface area contributed by atoms with E-state index in [-0.39, 0.29) is 18.3 Å². The van der Waals surface area contributed by atoms with Crippen molar-refractivity contribution in [2.24, 2.45) is 5.92 Å². The Bertz CT molecular complexity index is 265. The highest BCUT2D eigenvalue weighted by Crippen LogP contribution is 2.15. The number of amides is 1. The van der Waals surface area contributed by atoms with Crippen LogP contribution in [-0.2, 0) is 9.53 Å². The highest BCUT2D eigenvalue weighted by molar-refractivity contribution is 5.90. The lowest BCUT2D eigenvalue weighted by atomic mass is 9.94. The molecule has 0 aromatic rings. The SMILES string of the molecule is CCCCCCCC(C)C(=O)[C@@H]1COC(=O)N1. The minimum Gasteiger partial charge on any atom is -0.447 e. The van der Waals surface area contributed by atoms with Crippen molar-refractivity contribution in [3.63, 3.8) is 0 Å². The van der Waals surface area contributed by atoms with Gasteiger partial charge in [0.05, 0.1) is 0 Å². The number of hydrogen-bond donors (Lipinski definition) is 1. The number of rotatable bonds is 8. The van der Waals surface area contributed by atoms with Crippen LogP contribution in [0.2, 0.25) is 0 Å². The first-order valence-corrected chi connectivity index (χ1v) is 6.62. The van der Waals surface area contributed by atoms with Crippen LogP contribution in [0.3, 0.4) is 0 Å². The van der Waals surface area contributed by atoms with Crippen molar-refractivity contribution in [2.45, 2.75) is 58.4 Å². The lowest BCUT2D eigenvalue weighted by molar-refractivity contribution is -0.124. The van der Waals surface area contributed by atoms with Crippen molar-refractivity contribution in [1.82, 2.24) is 5.32 Å². The molecule has 1 fully saturated rings. The Morgan fingerprint density at radius 2 is 2.12 bits per heavy atom. The molecule has 1 aliphatic heterocycles. The first kappa shape index (κ1) is 14.0. The molecular formula is C13H23NO3. The number of nitrogens with one attached hydrogen (secondary N) is 1. The number of unbranched alkanes of at least 4 members (excludes halogenated alkanes) is 4. The Hall–Kier alpha value is -1.06. The van der Waals surface area contributed by atoms with Crippen molar-refractivity contribution in [2.75, 3.05) is 6.61 Å². The van der Waals surface area contributed by atoms with E-state index < -0.39 is 12.1 Å². The summed E-state index contributed by atoms with van der Waals surface area (Å²) >= 11 is 0. The number of hydrogen-bond acceptors (Lipinski definition) is 3. The quantitative estimate of drug-likeness (QED) is 0.665. The van der Waals surface area contributed by atoms with E-state index >= 15 is 0 Å². The number of ether oxygens (including phenoxy) is 1. The van der Waals surface area contributed by atoms with Crippen molar-refractivity contribution < 1.29 is 14.3 Å². The third kappa shape index (κ3) is 4.75. The molecule has 4 heteroatoms. The molecule has 1 N–H and O–H groups in total. The van der Waals surface area contributed by atoms with E-state index in [0.717, 1.165) is 12.8 Å². The maximum atomic E-state index is 11.9. The van der Waals surface area contributed by atoms with E-state index in [1.54, 1.807) is 0 Å². The smallest absolute Gasteiger partial charge is 0.407 e. The van der Waals surface area contributed by atoms with Gasteiger partial charge in [-0.15, -0.1) is 0 Å². The van der Waals surface area contributed by atoms with Crippen LogP contribution in [0.4, 0.5) is 4.79 Å². The zero-order valence-electron chi connectivity index (χ0n) is 10.8. The molecular weight excluding hydrogens is 218 g/mol. The van der Waals surface area contributed by atoms with Crippen LogP contribution in [0.25, 0.3) is 0 Å². The van der Waals surface area contributed by atoms with Gasteiger partial charge in [0.2, 0.25) is 0 Å². The second kappa shape index (κ2) is 7.30. The molecule has 1 saturated heterocycles. The molecule has 0 aromatic carbocycles. The molecule has 0 aliphatic carbocycles. The van der Waals surface area contributed by atoms with Gasteiger partial charge in [-0.3, -0.25) is 4.79 Å². The molecule has 1 aliphatic rings.